The number of nitrogens with one attached hydrogen (secondary N) is 1. The molecule has 5 nitrogen and oxygen atoms in total. The first-order valence-corrected chi connectivity index (χ1v) is 8.17. The number of benzene rings is 1. The number of piperidine rings is 1. The van der Waals surface area contributed by atoms with Crippen LogP contribution in [0, 0.1) is 12.3 Å². The van der Waals surface area contributed by atoms with Crippen LogP contribution >= 0.6 is 0 Å². The maximum atomic E-state index is 12.3. The Morgan fingerprint density at radius 2 is 1.65 bits per heavy atom. The molecule has 1 saturated heterocycles. The van der Waals surface area contributed by atoms with Gasteiger partial charge in [0, 0.05) is 18.5 Å². The zero-order valence-electron chi connectivity index (χ0n) is 13.4. The first kappa shape index (κ1) is 15.7. The minimum Gasteiger partial charge on any atom is -0.325 e. The van der Waals surface area contributed by atoms with Gasteiger partial charge < -0.3 is 5.32 Å². The molecule has 1 spiro atoms. The molecule has 2 fully saturated rings. The Hall–Kier alpha value is -2.17. The molecule has 122 valence electrons. The maximum absolute atomic E-state index is 12.3. The fourth-order valence-corrected chi connectivity index (χ4v) is 3.67. The summed E-state index contributed by atoms with van der Waals surface area (Å²) in [6.07, 6.45) is 4.89. The molecule has 1 heterocycles. The highest BCUT2D eigenvalue weighted by Crippen LogP contribution is 2.46. The van der Waals surface area contributed by atoms with Crippen molar-refractivity contribution in [2.24, 2.45) is 5.41 Å². The van der Waals surface area contributed by atoms with E-state index >= 15 is 0 Å². The van der Waals surface area contributed by atoms with E-state index in [-0.39, 0.29) is 29.7 Å². The molecular formula is C18H22N2O3. The van der Waals surface area contributed by atoms with Crippen LogP contribution in [0.15, 0.2) is 24.3 Å². The zero-order chi connectivity index (χ0) is 16.4. The molecule has 0 atom stereocenters. The molecule has 0 radical (unpaired) electrons. The van der Waals surface area contributed by atoms with Crippen LogP contribution < -0.4 is 5.32 Å². The average molecular weight is 314 g/mol. The Morgan fingerprint density at radius 3 is 2.22 bits per heavy atom. The molecule has 1 aliphatic heterocycles. The van der Waals surface area contributed by atoms with E-state index in [1.54, 1.807) is 12.1 Å². The van der Waals surface area contributed by atoms with E-state index < -0.39 is 0 Å². The monoisotopic (exact) mass is 314 g/mol. The first-order valence-electron chi connectivity index (χ1n) is 8.17. The minimum absolute atomic E-state index is 0.127. The van der Waals surface area contributed by atoms with Crippen LogP contribution in [0.5, 0.6) is 0 Å². The molecule has 1 aliphatic carbocycles. The summed E-state index contributed by atoms with van der Waals surface area (Å²) in [6, 6.07) is 7.41. The van der Waals surface area contributed by atoms with Crippen molar-refractivity contribution in [3.05, 3.63) is 29.8 Å². The van der Waals surface area contributed by atoms with Crippen molar-refractivity contribution < 1.29 is 14.4 Å². The smallest absolute Gasteiger partial charge is 0.244 e. The molecule has 0 unspecified atom stereocenters. The van der Waals surface area contributed by atoms with Crippen LogP contribution in [0.25, 0.3) is 0 Å². The molecule has 1 aromatic rings. The Morgan fingerprint density at radius 1 is 1.09 bits per heavy atom. The van der Waals surface area contributed by atoms with Gasteiger partial charge >= 0.3 is 0 Å². The van der Waals surface area contributed by atoms with Crippen LogP contribution in [0.2, 0.25) is 0 Å². The van der Waals surface area contributed by atoms with Crippen molar-refractivity contribution in [1.29, 1.82) is 0 Å². The van der Waals surface area contributed by atoms with E-state index in [9.17, 15) is 14.4 Å². The third kappa shape index (κ3) is 3.44. The highest BCUT2D eigenvalue weighted by Gasteiger charge is 2.45. The molecular weight excluding hydrogens is 292 g/mol. The second kappa shape index (κ2) is 6.14. The fraction of sp³-hybridized carbons (Fsp3) is 0.500. The van der Waals surface area contributed by atoms with Crippen molar-refractivity contribution in [2.75, 3.05) is 11.9 Å². The van der Waals surface area contributed by atoms with Gasteiger partial charge in [-0.25, -0.2) is 0 Å². The van der Waals surface area contributed by atoms with E-state index in [0.29, 0.717) is 18.5 Å². The van der Waals surface area contributed by atoms with E-state index in [1.807, 2.05) is 19.1 Å². The van der Waals surface area contributed by atoms with Gasteiger partial charge in [-0.3, -0.25) is 19.3 Å². The molecule has 0 bridgehead atoms. The summed E-state index contributed by atoms with van der Waals surface area (Å²) in [4.78, 5) is 37.9. The second-order valence-electron chi connectivity index (χ2n) is 6.85. The summed E-state index contributed by atoms with van der Waals surface area (Å²) >= 11 is 0. The van der Waals surface area contributed by atoms with E-state index in [1.165, 1.54) is 0 Å². The summed E-state index contributed by atoms with van der Waals surface area (Å²) in [5, 5.41) is 2.73. The number of amides is 3. The van der Waals surface area contributed by atoms with Gasteiger partial charge in [0.05, 0.1) is 0 Å². The van der Waals surface area contributed by atoms with E-state index in [0.717, 1.165) is 36.1 Å². The van der Waals surface area contributed by atoms with Gasteiger partial charge in [-0.15, -0.1) is 0 Å². The topological polar surface area (TPSA) is 66.5 Å². The Labute approximate surface area is 136 Å². The van der Waals surface area contributed by atoms with E-state index in [2.05, 4.69) is 5.32 Å². The van der Waals surface area contributed by atoms with Crippen molar-refractivity contribution in [3.8, 4) is 0 Å². The number of imide groups is 1. The molecule has 1 saturated carbocycles. The Kier molecular flexibility index (Phi) is 4.20. The number of nitrogens with zero attached hydrogens (tertiary/aromatic N) is 1. The average Bonchev–Trinajstić information content (AvgIpc) is 2.93. The molecule has 23 heavy (non-hydrogen) atoms. The largest absolute Gasteiger partial charge is 0.325 e. The lowest BCUT2D eigenvalue weighted by atomic mass is 9.76. The minimum atomic E-state index is -0.335. The lowest BCUT2D eigenvalue weighted by molar-refractivity contribution is -0.155. The van der Waals surface area contributed by atoms with Gasteiger partial charge in [-0.1, -0.05) is 30.5 Å². The number of anilines is 1. The molecule has 3 rings (SSSR count). The third-order valence-electron chi connectivity index (χ3n) is 4.96. The summed E-state index contributed by atoms with van der Waals surface area (Å²) in [6.45, 7) is 1.77. The highest BCUT2D eigenvalue weighted by atomic mass is 16.2. The maximum Gasteiger partial charge on any atom is 0.244 e. The number of carbonyl (C=O) groups is 3. The molecule has 1 N–H and O–H groups in total. The van der Waals surface area contributed by atoms with Gasteiger partial charge in [-0.2, -0.15) is 0 Å². The molecule has 2 aliphatic rings. The summed E-state index contributed by atoms with van der Waals surface area (Å²) in [7, 11) is 0. The summed E-state index contributed by atoms with van der Waals surface area (Å²) in [5.41, 5.74) is 1.65. The standard InChI is InChI=1S/C18H22N2O3/c1-13-4-6-14(7-5-13)19-15(21)12-20-16(22)10-18(11-17(20)23)8-2-3-9-18/h4-7H,2-3,8-12H2,1H3,(H,19,21). The van der Waals surface area contributed by atoms with Crippen LogP contribution in [0.4, 0.5) is 5.69 Å². The van der Waals surface area contributed by atoms with Gasteiger partial charge in [0.1, 0.15) is 6.54 Å². The number of hydrogen-bond acceptors (Lipinski definition) is 3. The molecule has 5 heteroatoms. The third-order valence-corrected chi connectivity index (χ3v) is 4.96. The number of rotatable bonds is 3. The molecule has 1 aromatic carbocycles. The number of aryl methyl sites for hydroxylation is 1. The number of likely N-dealkylation sites (tertiary alicyclic amines) is 1. The predicted molar refractivity (Wildman–Crippen MR) is 86.7 cm³/mol. The lowest BCUT2D eigenvalue weighted by Crippen LogP contribution is -2.49. The molecule has 0 aromatic heterocycles. The van der Waals surface area contributed by atoms with Gasteiger partial charge in [0.25, 0.3) is 0 Å². The molecule has 3 amide bonds. The van der Waals surface area contributed by atoms with Crippen molar-refractivity contribution >= 4 is 23.4 Å². The van der Waals surface area contributed by atoms with Gasteiger partial charge in [0.15, 0.2) is 0 Å². The van der Waals surface area contributed by atoms with Crippen LogP contribution in [-0.2, 0) is 14.4 Å². The van der Waals surface area contributed by atoms with E-state index in [4.69, 9.17) is 0 Å². The Bertz CT molecular complexity index is 610. The SMILES string of the molecule is Cc1ccc(NC(=O)CN2C(=O)CC3(CCCC3)CC2=O)cc1. The zero-order valence-corrected chi connectivity index (χ0v) is 13.4. The fourth-order valence-electron chi connectivity index (χ4n) is 3.67. The van der Waals surface area contributed by atoms with Crippen LogP contribution in [0.3, 0.4) is 0 Å². The quantitative estimate of drug-likeness (QED) is 0.872. The van der Waals surface area contributed by atoms with Crippen LogP contribution in [-0.4, -0.2) is 29.2 Å². The number of hydrogen-bond donors (Lipinski definition) is 1. The van der Waals surface area contributed by atoms with Crippen molar-refractivity contribution in [2.45, 2.75) is 45.4 Å². The highest BCUT2D eigenvalue weighted by molar-refractivity contribution is 6.03. The first-order chi connectivity index (χ1) is 11.0. The van der Waals surface area contributed by atoms with Gasteiger partial charge in [-0.05, 0) is 37.3 Å². The van der Waals surface area contributed by atoms with Crippen LogP contribution in [0.1, 0.15) is 44.1 Å². The normalized spacial score (nSPS) is 20.1. The van der Waals surface area contributed by atoms with Crippen molar-refractivity contribution in [1.82, 2.24) is 4.90 Å². The summed E-state index contributed by atoms with van der Waals surface area (Å²) in [5.74, 6) is -0.748. The lowest BCUT2D eigenvalue weighted by Gasteiger charge is -2.36. The van der Waals surface area contributed by atoms with Gasteiger partial charge in [0.2, 0.25) is 17.7 Å². The summed E-state index contributed by atoms with van der Waals surface area (Å²) < 4.78 is 0. The predicted octanol–water partition coefficient (Wildman–Crippen LogP) is 2.64. The second-order valence-corrected chi connectivity index (χ2v) is 6.85. The van der Waals surface area contributed by atoms with Crippen molar-refractivity contribution in [3.63, 3.8) is 0 Å². The number of carbonyl (C=O) groups excluding carboxylic acids is 3. The Balaban J connectivity index is 1.61.